The number of hydrogen-bond donors (Lipinski definition) is 0. The first kappa shape index (κ1) is 24.9. The van der Waals surface area contributed by atoms with E-state index >= 15 is 0 Å². The van der Waals surface area contributed by atoms with Gasteiger partial charge in [-0.3, -0.25) is 9.69 Å². The van der Waals surface area contributed by atoms with Crippen molar-refractivity contribution in [3.05, 3.63) is 101 Å². The van der Waals surface area contributed by atoms with Gasteiger partial charge < -0.3 is 9.47 Å². The van der Waals surface area contributed by atoms with Crippen molar-refractivity contribution >= 4 is 40.3 Å². The van der Waals surface area contributed by atoms with Gasteiger partial charge in [0.15, 0.2) is 16.7 Å². The summed E-state index contributed by atoms with van der Waals surface area (Å²) in [6, 6.07) is 22.9. The molecule has 1 amide bonds. The number of para-hydroxylation sites is 2. The summed E-state index contributed by atoms with van der Waals surface area (Å²) in [5.74, 6) is 3.53. The summed E-state index contributed by atoms with van der Waals surface area (Å²) in [4.78, 5) is 20.6. The van der Waals surface area contributed by atoms with E-state index in [4.69, 9.17) is 20.9 Å². The molecule has 0 spiro atoms. The molecule has 180 valence electrons. The summed E-state index contributed by atoms with van der Waals surface area (Å²) in [5.41, 5.74) is 3.23. The third kappa shape index (κ3) is 5.70. The van der Waals surface area contributed by atoms with Crippen molar-refractivity contribution in [3.8, 4) is 23.8 Å². The minimum absolute atomic E-state index is 0.129. The number of nitrogens with zero attached hydrogens (tertiary/aromatic N) is 2. The molecule has 0 unspecified atom stereocenters. The largest absolute Gasteiger partial charge is 0.490 e. The quantitative estimate of drug-likeness (QED) is 0.190. The minimum atomic E-state index is -0.142. The molecule has 0 saturated carbocycles. The Balaban J connectivity index is 1.78. The summed E-state index contributed by atoms with van der Waals surface area (Å²) < 4.78 is 11.7. The van der Waals surface area contributed by atoms with Crippen LogP contribution in [0.3, 0.4) is 0 Å². The molecule has 3 aromatic rings. The van der Waals surface area contributed by atoms with E-state index in [1.807, 2.05) is 85.8 Å². The Kier molecular flexibility index (Phi) is 8.28. The maximum atomic E-state index is 13.6. The van der Waals surface area contributed by atoms with Crippen molar-refractivity contribution < 1.29 is 14.3 Å². The Morgan fingerprint density at radius 2 is 1.81 bits per heavy atom. The first-order chi connectivity index (χ1) is 17.6. The fraction of sp³-hybridized carbons (Fsp3) is 0.133. The first-order valence-electron chi connectivity index (χ1n) is 11.5. The van der Waals surface area contributed by atoms with Crippen LogP contribution in [-0.2, 0) is 11.2 Å². The van der Waals surface area contributed by atoms with E-state index in [0.29, 0.717) is 34.6 Å². The van der Waals surface area contributed by atoms with E-state index in [1.54, 1.807) is 11.0 Å². The second-order valence-corrected chi connectivity index (χ2v) is 8.75. The summed E-state index contributed by atoms with van der Waals surface area (Å²) in [6.45, 7) is 6.36. The molecule has 1 fully saturated rings. The smallest absolute Gasteiger partial charge is 0.271 e. The van der Waals surface area contributed by atoms with Gasteiger partial charge in [0.1, 0.15) is 6.61 Å². The summed E-state index contributed by atoms with van der Waals surface area (Å²) in [5, 5.41) is 0.592. The number of anilines is 1. The Morgan fingerprint density at radius 3 is 2.47 bits per heavy atom. The first-order valence-corrected chi connectivity index (χ1v) is 12.4. The molecule has 36 heavy (non-hydrogen) atoms. The van der Waals surface area contributed by atoms with Gasteiger partial charge in [-0.15, -0.1) is 13.0 Å². The number of thioether (sulfide) groups is 1. The van der Waals surface area contributed by atoms with Crippen LogP contribution in [0.1, 0.15) is 18.1 Å². The second-order valence-electron chi connectivity index (χ2n) is 7.74. The molecule has 3 aromatic carbocycles. The highest BCUT2D eigenvalue weighted by Gasteiger charge is 2.34. The lowest BCUT2D eigenvalue weighted by molar-refractivity contribution is -0.113. The lowest BCUT2D eigenvalue weighted by Gasteiger charge is -2.16. The molecule has 1 aliphatic rings. The zero-order valence-corrected chi connectivity index (χ0v) is 20.8. The molecule has 1 heterocycles. The van der Waals surface area contributed by atoms with Crippen LogP contribution in [0.5, 0.6) is 11.5 Å². The number of terminal acetylenes is 1. The number of allylic oxidation sites excluding steroid dienone is 1. The molecule has 5 nitrogen and oxygen atoms in total. The lowest BCUT2D eigenvalue weighted by atomic mass is 10.0. The van der Waals surface area contributed by atoms with Crippen molar-refractivity contribution in [2.45, 2.75) is 13.3 Å². The van der Waals surface area contributed by atoms with Gasteiger partial charge in [0.05, 0.1) is 22.9 Å². The molecule has 0 aliphatic carbocycles. The van der Waals surface area contributed by atoms with Gasteiger partial charge in [0, 0.05) is 5.56 Å². The highest BCUT2D eigenvalue weighted by molar-refractivity contribution is 8.19. The Labute approximate surface area is 216 Å². The Morgan fingerprint density at radius 1 is 1.08 bits per heavy atom. The summed E-state index contributed by atoms with van der Waals surface area (Å²) in [7, 11) is 0. The maximum Gasteiger partial charge on any atom is 0.271 e. The van der Waals surface area contributed by atoms with Gasteiger partial charge >= 0.3 is 0 Å². The molecule has 0 N–H and O–H groups in total. The number of hydrogen-bond acceptors (Lipinski definition) is 5. The summed E-state index contributed by atoms with van der Waals surface area (Å²) >= 11 is 1.34. The van der Waals surface area contributed by atoms with Crippen LogP contribution in [0.15, 0.2) is 95.3 Å². The average molecular weight is 495 g/mol. The van der Waals surface area contributed by atoms with Gasteiger partial charge in [0.25, 0.3) is 5.91 Å². The number of amidine groups is 1. The molecule has 1 saturated heterocycles. The molecule has 1 aliphatic heterocycles. The van der Waals surface area contributed by atoms with Crippen LogP contribution in [0.25, 0.3) is 6.08 Å². The van der Waals surface area contributed by atoms with Crippen molar-refractivity contribution in [1.29, 1.82) is 0 Å². The van der Waals surface area contributed by atoms with Crippen molar-refractivity contribution in [2.75, 3.05) is 18.1 Å². The normalized spacial score (nSPS) is 15.2. The highest BCUT2D eigenvalue weighted by atomic mass is 32.2. The third-order valence-electron chi connectivity index (χ3n) is 5.22. The number of carbonyl (C=O) groups excluding carboxylic acids is 1. The topological polar surface area (TPSA) is 51.1 Å². The molecular formula is C30H26N2O3S. The standard InChI is InChI=1S/C30H26N2O3S/c1-4-13-23-19-22(20-26(34-6-3)28(23)35-18-5-2)21-27-29(33)32(25-16-11-8-12-17-25)30(36-27)31-24-14-9-7-10-15-24/h2,4,7-12,14-17,19-21H,1,6,13,18H2,3H3/b27-21+,31-30?. The predicted octanol–water partition coefficient (Wildman–Crippen LogP) is 6.63. The van der Waals surface area contributed by atoms with E-state index in [0.717, 1.165) is 22.5 Å². The van der Waals surface area contributed by atoms with Crippen molar-refractivity contribution in [3.63, 3.8) is 0 Å². The van der Waals surface area contributed by atoms with E-state index < -0.39 is 0 Å². The van der Waals surface area contributed by atoms with Gasteiger partial charge in [-0.05, 0) is 73.1 Å². The SMILES string of the molecule is C#CCOc1c(CC=C)cc(/C=C2/SC(=Nc3ccccc3)N(c3ccccc3)C2=O)cc1OCC. The van der Waals surface area contributed by atoms with Gasteiger partial charge in [0.2, 0.25) is 0 Å². The molecule has 4 rings (SSSR count). The van der Waals surface area contributed by atoms with Gasteiger partial charge in [-0.2, -0.15) is 0 Å². The Hall–Kier alpha value is -4.21. The van der Waals surface area contributed by atoms with Crippen LogP contribution < -0.4 is 14.4 Å². The fourth-order valence-electron chi connectivity index (χ4n) is 3.73. The predicted molar refractivity (Wildman–Crippen MR) is 149 cm³/mol. The second kappa shape index (κ2) is 12.0. The highest BCUT2D eigenvalue weighted by Crippen LogP contribution is 2.39. The van der Waals surface area contributed by atoms with Crippen molar-refractivity contribution in [1.82, 2.24) is 0 Å². The molecule has 0 atom stereocenters. The molecule has 6 heteroatoms. The molecule has 0 radical (unpaired) electrons. The van der Waals surface area contributed by atoms with Gasteiger partial charge in [-0.25, -0.2) is 4.99 Å². The Bertz CT molecular complexity index is 1340. The number of rotatable bonds is 9. The minimum Gasteiger partial charge on any atom is -0.490 e. The number of carbonyl (C=O) groups is 1. The monoisotopic (exact) mass is 494 g/mol. The van der Waals surface area contributed by atoms with E-state index in [2.05, 4.69) is 12.5 Å². The van der Waals surface area contributed by atoms with Crippen LogP contribution in [-0.4, -0.2) is 24.3 Å². The van der Waals surface area contributed by atoms with E-state index in [9.17, 15) is 4.79 Å². The molecular weight excluding hydrogens is 468 g/mol. The van der Waals surface area contributed by atoms with Crippen LogP contribution >= 0.6 is 11.8 Å². The van der Waals surface area contributed by atoms with Crippen molar-refractivity contribution in [2.24, 2.45) is 4.99 Å². The van der Waals surface area contributed by atoms with E-state index in [1.165, 1.54) is 11.8 Å². The number of aliphatic imine (C=N–C) groups is 1. The number of benzene rings is 3. The van der Waals surface area contributed by atoms with E-state index in [-0.39, 0.29) is 12.5 Å². The lowest BCUT2D eigenvalue weighted by Crippen LogP contribution is -2.28. The fourth-order valence-corrected chi connectivity index (χ4v) is 4.73. The van der Waals surface area contributed by atoms with Gasteiger partial charge in [-0.1, -0.05) is 48.4 Å². The maximum absolute atomic E-state index is 13.6. The zero-order chi connectivity index (χ0) is 25.3. The zero-order valence-electron chi connectivity index (χ0n) is 20.0. The number of amides is 1. The molecule has 0 bridgehead atoms. The van der Waals surface area contributed by atoms with Crippen LogP contribution in [0, 0.1) is 12.3 Å². The average Bonchev–Trinajstić information content (AvgIpc) is 3.19. The number of ether oxygens (including phenoxy) is 2. The summed E-state index contributed by atoms with van der Waals surface area (Å²) in [6.07, 6.45) is 9.62. The van der Waals surface area contributed by atoms with Crippen LogP contribution in [0.2, 0.25) is 0 Å². The third-order valence-corrected chi connectivity index (χ3v) is 6.19. The van der Waals surface area contributed by atoms with Crippen LogP contribution in [0.4, 0.5) is 11.4 Å². The molecule has 0 aromatic heterocycles.